The van der Waals surface area contributed by atoms with Gasteiger partial charge in [0.15, 0.2) is 5.82 Å². The molecular formula is C24H32N4O. The molecule has 5 heteroatoms. The Balaban J connectivity index is 1.34. The van der Waals surface area contributed by atoms with Crippen molar-refractivity contribution in [1.29, 1.82) is 0 Å². The monoisotopic (exact) mass is 392 g/mol. The number of nitrogens with zero attached hydrogens (tertiary/aromatic N) is 2. The van der Waals surface area contributed by atoms with E-state index in [1.54, 1.807) is 6.20 Å². The van der Waals surface area contributed by atoms with Crippen molar-refractivity contribution in [2.24, 2.45) is 0 Å². The van der Waals surface area contributed by atoms with Crippen LogP contribution in [-0.4, -0.2) is 30.0 Å². The van der Waals surface area contributed by atoms with Crippen LogP contribution >= 0.6 is 0 Å². The topological polar surface area (TPSA) is 57.3 Å². The fraction of sp³-hybridized carbons (Fsp3) is 0.500. The maximum absolute atomic E-state index is 12.6. The second-order valence-electron chi connectivity index (χ2n) is 8.20. The number of hydrogen-bond acceptors (Lipinski definition) is 4. The van der Waals surface area contributed by atoms with Crippen molar-refractivity contribution in [3.63, 3.8) is 0 Å². The van der Waals surface area contributed by atoms with Crippen molar-refractivity contribution in [3.8, 4) is 0 Å². The van der Waals surface area contributed by atoms with Gasteiger partial charge < -0.3 is 15.5 Å². The number of para-hydroxylation sites is 1. The molecule has 3 heterocycles. The predicted octanol–water partition coefficient (Wildman–Crippen LogP) is 5.27. The Morgan fingerprint density at radius 2 is 1.90 bits per heavy atom. The summed E-state index contributed by atoms with van der Waals surface area (Å²) in [6.07, 6.45) is 13.4. The van der Waals surface area contributed by atoms with Crippen molar-refractivity contribution in [3.05, 3.63) is 48.2 Å². The van der Waals surface area contributed by atoms with Crippen LogP contribution in [0.25, 0.3) is 0 Å². The van der Waals surface area contributed by atoms with E-state index in [4.69, 9.17) is 0 Å². The summed E-state index contributed by atoms with van der Waals surface area (Å²) in [5.41, 5.74) is 2.45. The summed E-state index contributed by atoms with van der Waals surface area (Å²) in [5, 5.41) is 6.71. The van der Waals surface area contributed by atoms with E-state index in [0.717, 1.165) is 36.2 Å². The molecule has 29 heavy (non-hydrogen) atoms. The van der Waals surface area contributed by atoms with Crippen LogP contribution < -0.4 is 15.5 Å². The van der Waals surface area contributed by atoms with Gasteiger partial charge in [0.1, 0.15) is 0 Å². The average Bonchev–Trinajstić information content (AvgIpc) is 3.08. The molecule has 1 atom stereocenters. The first-order valence-corrected chi connectivity index (χ1v) is 11.2. The van der Waals surface area contributed by atoms with E-state index in [2.05, 4.69) is 20.5 Å². The zero-order valence-electron chi connectivity index (χ0n) is 17.2. The second-order valence-corrected chi connectivity index (χ2v) is 8.20. The molecule has 5 nitrogen and oxygen atoms in total. The molecular weight excluding hydrogens is 360 g/mol. The minimum absolute atomic E-state index is 0.0618. The van der Waals surface area contributed by atoms with Gasteiger partial charge in [-0.1, -0.05) is 44.2 Å². The lowest BCUT2D eigenvalue weighted by molar-refractivity contribution is 0.102. The van der Waals surface area contributed by atoms with Gasteiger partial charge in [-0.15, -0.1) is 0 Å². The number of nitrogens with one attached hydrogen (secondary N) is 2. The Labute approximate surface area is 173 Å². The number of benzene rings is 1. The minimum atomic E-state index is -0.0618. The Morgan fingerprint density at radius 1 is 1.00 bits per heavy atom. The van der Waals surface area contributed by atoms with Crippen LogP contribution in [0.2, 0.25) is 0 Å². The zero-order valence-corrected chi connectivity index (χ0v) is 17.2. The molecule has 1 fully saturated rings. The summed E-state index contributed by atoms with van der Waals surface area (Å²) in [4.78, 5) is 19.4. The van der Waals surface area contributed by atoms with Gasteiger partial charge in [0.05, 0.1) is 16.9 Å². The van der Waals surface area contributed by atoms with E-state index < -0.39 is 0 Å². The number of anilines is 3. The lowest BCUT2D eigenvalue weighted by Gasteiger charge is -2.24. The van der Waals surface area contributed by atoms with E-state index in [9.17, 15) is 4.79 Å². The molecule has 4 rings (SSSR count). The first kappa shape index (κ1) is 19.9. The summed E-state index contributed by atoms with van der Waals surface area (Å²) in [6.45, 7) is 2.07. The van der Waals surface area contributed by atoms with Gasteiger partial charge in [-0.05, 0) is 56.5 Å². The highest BCUT2D eigenvalue weighted by atomic mass is 16.1. The Bertz CT molecular complexity index is 814. The van der Waals surface area contributed by atoms with Crippen molar-refractivity contribution in [2.75, 3.05) is 23.3 Å². The number of amides is 1. The third-order valence-corrected chi connectivity index (χ3v) is 6.08. The molecule has 1 saturated heterocycles. The highest BCUT2D eigenvalue weighted by Gasteiger charge is 2.25. The van der Waals surface area contributed by atoms with Crippen LogP contribution in [0.15, 0.2) is 42.6 Å². The molecule has 2 aliphatic heterocycles. The van der Waals surface area contributed by atoms with Crippen LogP contribution in [0, 0.1) is 0 Å². The number of carbonyl (C=O) groups is 1. The Morgan fingerprint density at radius 3 is 2.86 bits per heavy atom. The molecule has 2 aliphatic rings. The maximum Gasteiger partial charge on any atom is 0.257 e. The van der Waals surface area contributed by atoms with Crippen LogP contribution in [0.1, 0.15) is 68.1 Å². The summed E-state index contributed by atoms with van der Waals surface area (Å²) >= 11 is 0. The molecule has 1 unspecified atom stereocenters. The fourth-order valence-corrected chi connectivity index (χ4v) is 4.50. The molecule has 1 aromatic carbocycles. The molecule has 2 N–H and O–H groups in total. The Kier molecular flexibility index (Phi) is 6.78. The van der Waals surface area contributed by atoms with Gasteiger partial charge in [-0.3, -0.25) is 4.79 Å². The third-order valence-electron chi connectivity index (χ3n) is 6.08. The maximum atomic E-state index is 12.6. The number of fused-ring (bicyclic) bond motifs is 2. The number of rotatable bonds is 7. The van der Waals surface area contributed by atoms with Gasteiger partial charge in [-0.2, -0.15) is 0 Å². The predicted molar refractivity (Wildman–Crippen MR) is 119 cm³/mol. The standard InChI is InChI=1S/C24H32N4O/c29-24-20-13-6-7-15-22(20)28(23-21(27-24)14-10-17-26-23)18-9-2-1-4-11-19-12-5-3-8-16-25-19/h6-7,10,13-15,17,19,25H,1-5,8-9,11-12,16,18H2,(H,27,29). The number of hydrogen-bond donors (Lipinski definition) is 2. The number of pyridine rings is 1. The van der Waals surface area contributed by atoms with Crippen molar-refractivity contribution in [2.45, 2.75) is 63.8 Å². The molecule has 0 aliphatic carbocycles. The molecule has 0 bridgehead atoms. The summed E-state index contributed by atoms with van der Waals surface area (Å²) in [6, 6.07) is 12.4. The quantitative estimate of drug-likeness (QED) is 0.631. The van der Waals surface area contributed by atoms with Crippen LogP contribution in [0.5, 0.6) is 0 Å². The third kappa shape index (κ3) is 4.96. The first-order chi connectivity index (χ1) is 14.3. The summed E-state index contributed by atoms with van der Waals surface area (Å²) in [7, 11) is 0. The molecule has 0 spiro atoms. The molecule has 2 aromatic rings. The number of unbranched alkanes of at least 4 members (excludes halogenated alkanes) is 3. The van der Waals surface area contributed by atoms with Gasteiger partial charge in [0.2, 0.25) is 0 Å². The summed E-state index contributed by atoms with van der Waals surface area (Å²) < 4.78 is 0. The van der Waals surface area contributed by atoms with E-state index in [1.807, 2.05) is 36.4 Å². The molecule has 1 amide bonds. The van der Waals surface area contributed by atoms with Crippen molar-refractivity contribution < 1.29 is 4.79 Å². The fourth-order valence-electron chi connectivity index (χ4n) is 4.50. The normalized spacial score (nSPS) is 19.0. The van der Waals surface area contributed by atoms with Crippen LogP contribution in [0.3, 0.4) is 0 Å². The van der Waals surface area contributed by atoms with E-state index in [-0.39, 0.29) is 5.91 Å². The highest BCUT2D eigenvalue weighted by Crippen LogP contribution is 2.36. The lowest BCUT2D eigenvalue weighted by atomic mass is 10.0. The SMILES string of the molecule is O=C1Nc2cccnc2N(CCCCCCC2CCCCCN2)c2ccccc21. The average molecular weight is 393 g/mol. The minimum Gasteiger partial charge on any atom is -0.324 e. The van der Waals surface area contributed by atoms with E-state index in [0.29, 0.717) is 5.56 Å². The highest BCUT2D eigenvalue weighted by molar-refractivity contribution is 6.11. The van der Waals surface area contributed by atoms with Gasteiger partial charge in [0.25, 0.3) is 5.91 Å². The zero-order chi connectivity index (χ0) is 19.9. The first-order valence-electron chi connectivity index (χ1n) is 11.2. The molecule has 0 saturated carbocycles. The summed E-state index contributed by atoms with van der Waals surface area (Å²) in [5.74, 6) is 0.779. The van der Waals surface area contributed by atoms with Gasteiger partial charge in [0, 0.05) is 18.8 Å². The van der Waals surface area contributed by atoms with Crippen molar-refractivity contribution >= 4 is 23.1 Å². The van der Waals surface area contributed by atoms with E-state index in [1.165, 1.54) is 57.9 Å². The number of carbonyl (C=O) groups excluding carboxylic acids is 1. The molecule has 154 valence electrons. The largest absolute Gasteiger partial charge is 0.324 e. The van der Waals surface area contributed by atoms with Crippen molar-refractivity contribution in [1.82, 2.24) is 10.3 Å². The van der Waals surface area contributed by atoms with Gasteiger partial charge >= 0.3 is 0 Å². The van der Waals surface area contributed by atoms with Crippen LogP contribution in [0.4, 0.5) is 17.2 Å². The smallest absolute Gasteiger partial charge is 0.257 e. The molecule has 0 radical (unpaired) electrons. The lowest BCUT2D eigenvalue weighted by Crippen LogP contribution is -2.27. The van der Waals surface area contributed by atoms with Crippen LogP contribution in [-0.2, 0) is 0 Å². The Hall–Kier alpha value is -2.40. The van der Waals surface area contributed by atoms with Gasteiger partial charge in [-0.25, -0.2) is 4.98 Å². The number of aromatic nitrogens is 1. The second kappa shape index (κ2) is 9.88. The molecule has 1 aromatic heterocycles. The van der Waals surface area contributed by atoms with E-state index >= 15 is 0 Å².